The highest BCUT2D eigenvalue weighted by molar-refractivity contribution is 7.89. The monoisotopic (exact) mass is 564 g/mol. The Kier molecular flexibility index (Phi) is 9.09. The number of nitrogens with zero attached hydrogens (tertiary/aromatic N) is 2. The molecule has 2 aromatic carbocycles. The van der Waals surface area contributed by atoms with E-state index < -0.39 is 26.0 Å². The lowest BCUT2D eigenvalue weighted by Gasteiger charge is -2.31. The summed E-state index contributed by atoms with van der Waals surface area (Å²) in [5.74, 6) is -0.0138. The number of hydrogen-bond donors (Lipinski definition) is 2. The first kappa shape index (κ1) is 28.5. The SMILES string of the molecule is Cc1cc(S(=O)(=O)NC2CCCCC2)ccc1OCC(=O)Nc1ccc(S(=O)(=O)N2CCN(C)CC2)cc1. The number of anilines is 1. The molecule has 4 rings (SSSR count). The summed E-state index contributed by atoms with van der Waals surface area (Å²) in [6.07, 6.45) is 4.90. The number of likely N-dealkylation sites (N-methyl/N-ethyl adjacent to an activating group) is 1. The summed E-state index contributed by atoms with van der Waals surface area (Å²) in [4.78, 5) is 14.9. The molecule has 1 heterocycles. The van der Waals surface area contributed by atoms with E-state index in [9.17, 15) is 21.6 Å². The van der Waals surface area contributed by atoms with Gasteiger partial charge in [-0.1, -0.05) is 19.3 Å². The van der Waals surface area contributed by atoms with Gasteiger partial charge in [0.2, 0.25) is 20.0 Å². The molecule has 2 fully saturated rings. The first-order valence-corrected chi connectivity index (χ1v) is 15.8. The number of piperazine rings is 1. The Morgan fingerprint density at radius 3 is 2.18 bits per heavy atom. The van der Waals surface area contributed by atoms with Crippen molar-refractivity contribution in [2.45, 2.75) is 54.9 Å². The van der Waals surface area contributed by atoms with Crippen molar-refractivity contribution in [3.63, 3.8) is 0 Å². The molecule has 208 valence electrons. The van der Waals surface area contributed by atoms with E-state index in [0.717, 1.165) is 32.1 Å². The zero-order valence-electron chi connectivity index (χ0n) is 21.9. The summed E-state index contributed by atoms with van der Waals surface area (Å²) in [5, 5.41) is 2.69. The van der Waals surface area contributed by atoms with E-state index in [1.54, 1.807) is 25.1 Å². The summed E-state index contributed by atoms with van der Waals surface area (Å²) in [7, 11) is -5.25. The van der Waals surface area contributed by atoms with Crippen molar-refractivity contribution in [3.8, 4) is 5.75 Å². The Morgan fingerprint density at radius 1 is 0.921 bits per heavy atom. The maximum atomic E-state index is 12.9. The van der Waals surface area contributed by atoms with Gasteiger partial charge in [-0.25, -0.2) is 21.6 Å². The molecule has 2 aliphatic rings. The fourth-order valence-corrected chi connectivity index (χ4v) is 7.50. The van der Waals surface area contributed by atoms with Crippen LogP contribution < -0.4 is 14.8 Å². The number of carbonyl (C=O) groups is 1. The van der Waals surface area contributed by atoms with Crippen molar-refractivity contribution in [2.24, 2.45) is 0 Å². The number of rotatable bonds is 9. The van der Waals surface area contributed by atoms with Crippen LogP contribution in [0.2, 0.25) is 0 Å². The van der Waals surface area contributed by atoms with Gasteiger partial charge in [0.05, 0.1) is 9.79 Å². The van der Waals surface area contributed by atoms with Crippen molar-refractivity contribution >= 4 is 31.6 Å². The highest BCUT2D eigenvalue weighted by Crippen LogP contribution is 2.24. The molecule has 1 aliphatic heterocycles. The molecule has 0 aromatic heterocycles. The van der Waals surface area contributed by atoms with Crippen LogP contribution in [0, 0.1) is 6.92 Å². The quantitative estimate of drug-likeness (QED) is 0.480. The van der Waals surface area contributed by atoms with Crippen molar-refractivity contribution in [2.75, 3.05) is 45.2 Å². The largest absolute Gasteiger partial charge is 0.483 e. The van der Waals surface area contributed by atoms with Gasteiger partial charge in [0.1, 0.15) is 5.75 Å². The number of amides is 1. The molecule has 0 spiro atoms. The maximum Gasteiger partial charge on any atom is 0.262 e. The molecule has 1 saturated heterocycles. The first-order valence-electron chi connectivity index (χ1n) is 12.9. The third-order valence-electron chi connectivity index (χ3n) is 6.98. The van der Waals surface area contributed by atoms with Crippen LogP contribution in [-0.4, -0.2) is 77.8 Å². The Balaban J connectivity index is 1.30. The molecule has 0 atom stereocenters. The van der Waals surface area contributed by atoms with Gasteiger partial charge in [-0.05, 0) is 74.8 Å². The summed E-state index contributed by atoms with van der Waals surface area (Å²) in [6, 6.07) is 10.6. The van der Waals surface area contributed by atoms with E-state index >= 15 is 0 Å². The number of nitrogens with one attached hydrogen (secondary N) is 2. The van der Waals surface area contributed by atoms with Crippen LogP contribution in [0.15, 0.2) is 52.3 Å². The number of aryl methyl sites for hydroxylation is 1. The van der Waals surface area contributed by atoms with Gasteiger partial charge >= 0.3 is 0 Å². The third kappa shape index (κ3) is 7.11. The number of hydrogen-bond acceptors (Lipinski definition) is 7. The minimum Gasteiger partial charge on any atom is -0.483 e. The van der Waals surface area contributed by atoms with Crippen molar-refractivity contribution in [3.05, 3.63) is 48.0 Å². The molecule has 1 saturated carbocycles. The summed E-state index contributed by atoms with van der Waals surface area (Å²) < 4.78 is 61.1. The van der Waals surface area contributed by atoms with Crippen molar-refractivity contribution in [1.82, 2.24) is 13.9 Å². The molecular formula is C26H36N4O6S2. The standard InChI is InChI=1S/C26H36N4O6S2/c1-20-18-24(37(32,33)28-22-6-4-3-5-7-22)12-13-25(20)36-19-26(31)27-21-8-10-23(11-9-21)38(34,35)30-16-14-29(2)15-17-30/h8-13,18,22,28H,3-7,14-17,19H2,1-2H3,(H,27,31). The third-order valence-corrected chi connectivity index (χ3v) is 10.4. The second kappa shape index (κ2) is 12.1. The number of ether oxygens (including phenoxy) is 1. The van der Waals surface area contributed by atoms with E-state index in [4.69, 9.17) is 4.74 Å². The van der Waals surface area contributed by atoms with Crippen LogP contribution in [0.4, 0.5) is 5.69 Å². The number of sulfonamides is 2. The molecule has 2 N–H and O–H groups in total. The predicted octanol–water partition coefficient (Wildman–Crippen LogP) is 2.56. The van der Waals surface area contributed by atoms with Crippen LogP contribution in [0.3, 0.4) is 0 Å². The lowest BCUT2D eigenvalue weighted by atomic mass is 9.96. The van der Waals surface area contributed by atoms with Gasteiger partial charge in [0.15, 0.2) is 6.61 Å². The van der Waals surface area contributed by atoms with Gasteiger partial charge in [-0.3, -0.25) is 4.79 Å². The molecule has 0 radical (unpaired) electrons. The molecule has 2 aromatic rings. The van der Waals surface area contributed by atoms with Gasteiger partial charge < -0.3 is 15.0 Å². The minimum absolute atomic E-state index is 0.0327. The summed E-state index contributed by atoms with van der Waals surface area (Å²) in [5.41, 5.74) is 1.05. The lowest BCUT2D eigenvalue weighted by molar-refractivity contribution is -0.118. The van der Waals surface area contributed by atoms with E-state index in [-0.39, 0.29) is 22.4 Å². The molecule has 38 heavy (non-hydrogen) atoms. The van der Waals surface area contributed by atoms with Crippen LogP contribution in [0.25, 0.3) is 0 Å². The molecular weight excluding hydrogens is 528 g/mol. The Bertz CT molecular complexity index is 1330. The fraction of sp³-hybridized carbons (Fsp3) is 0.500. The average Bonchev–Trinajstić information content (AvgIpc) is 2.89. The van der Waals surface area contributed by atoms with E-state index in [0.29, 0.717) is 43.2 Å². The lowest BCUT2D eigenvalue weighted by Crippen LogP contribution is -2.46. The summed E-state index contributed by atoms with van der Waals surface area (Å²) in [6.45, 7) is 3.70. The molecule has 1 amide bonds. The second-order valence-electron chi connectivity index (χ2n) is 9.95. The Morgan fingerprint density at radius 2 is 1.55 bits per heavy atom. The molecule has 12 heteroatoms. The molecule has 10 nitrogen and oxygen atoms in total. The Hall–Kier alpha value is -2.51. The summed E-state index contributed by atoms with van der Waals surface area (Å²) >= 11 is 0. The molecule has 0 bridgehead atoms. The Labute approximate surface area is 225 Å². The molecule has 1 aliphatic carbocycles. The average molecular weight is 565 g/mol. The van der Waals surface area contributed by atoms with Gasteiger partial charge in [-0.2, -0.15) is 4.31 Å². The van der Waals surface area contributed by atoms with Crippen molar-refractivity contribution in [1.29, 1.82) is 0 Å². The van der Waals surface area contributed by atoms with Gasteiger partial charge in [0, 0.05) is 37.9 Å². The highest BCUT2D eigenvalue weighted by Gasteiger charge is 2.27. The predicted molar refractivity (Wildman–Crippen MR) is 145 cm³/mol. The van der Waals surface area contributed by atoms with Crippen LogP contribution >= 0.6 is 0 Å². The van der Waals surface area contributed by atoms with Crippen LogP contribution in [0.5, 0.6) is 5.75 Å². The van der Waals surface area contributed by atoms with E-state index in [1.165, 1.54) is 28.6 Å². The van der Waals surface area contributed by atoms with Crippen molar-refractivity contribution < 1.29 is 26.4 Å². The smallest absolute Gasteiger partial charge is 0.262 e. The highest BCUT2D eigenvalue weighted by atomic mass is 32.2. The van der Waals surface area contributed by atoms with Gasteiger partial charge in [0.25, 0.3) is 5.91 Å². The fourth-order valence-electron chi connectivity index (χ4n) is 4.69. The van der Waals surface area contributed by atoms with Crippen LogP contribution in [-0.2, 0) is 24.8 Å². The second-order valence-corrected chi connectivity index (χ2v) is 13.6. The number of benzene rings is 2. The maximum absolute atomic E-state index is 12.9. The minimum atomic E-state index is -3.63. The first-order chi connectivity index (χ1) is 18.0. The molecule has 0 unspecified atom stereocenters. The van der Waals surface area contributed by atoms with E-state index in [1.807, 2.05) is 7.05 Å². The normalized spacial score (nSPS) is 18.3. The zero-order valence-corrected chi connectivity index (χ0v) is 23.5. The van der Waals surface area contributed by atoms with Gasteiger partial charge in [-0.15, -0.1) is 0 Å². The van der Waals surface area contributed by atoms with Crippen LogP contribution in [0.1, 0.15) is 37.7 Å². The zero-order chi connectivity index (χ0) is 27.3. The topological polar surface area (TPSA) is 125 Å². The number of carbonyl (C=O) groups excluding carboxylic acids is 1. The van der Waals surface area contributed by atoms with E-state index in [2.05, 4.69) is 14.9 Å².